The Kier molecular flexibility index (Phi) is 5.28. The van der Waals surface area contributed by atoms with E-state index in [1.54, 1.807) is 22.5 Å². The van der Waals surface area contributed by atoms with E-state index in [1.807, 2.05) is 36.4 Å². The van der Waals surface area contributed by atoms with E-state index in [0.717, 1.165) is 41.0 Å². The Morgan fingerprint density at radius 2 is 1.62 bits per heavy atom. The quantitative estimate of drug-likeness (QED) is 0.461. The van der Waals surface area contributed by atoms with E-state index in [1.165, 1.54) is 16.0 Å². The minimum atomic E-state index is -3.54. The van der Waals surface area contributed by atoms with Crippen LogP contribution < -0.4 is 10.5 Å². The van der Waals surface area contributed by atoms with E-state index in [0.29, 0.717) is 43.2 Å². The standard InChI is InChI=1S/C27H26N2O4S/c30-27-17-23(25-15-21-6-3-7-22(21)16-26(25)33-27)18-28-10-12-29(13-11-28)34(31,32)24-9-8-19-4-1-2-5-20(19)14-24/h1-2,4-5,8-9,14-17H,3,6-7,10-13,18H2/p+1. The highest BCUT2D eigenvalue weighted by Crippen LogP contribution is 2.28. The fourth-order valence-electron chi connectivity index (χ4n) is 5.41. The molecule has 1 aliphatic carbocycles. The molecule has 0 atom stereocenters. The van der Waals surface area contributed by atoms with Crippen molar-refractivity contribution in [1.29, 1.82) is 0 Å². The molecule has 34 heavy (non-hydrogen) atoms. The molecule has 7 heteroatoms. The first-order valence-electron chi connectivity index (χ1n) is 11.9. The first-order chi connectivity index (χ1) is 16.5. The van der Waals surface area contributed by atoms with Crippen molar-refractivity contribution in [2.45, 2.75) is 30.7 Å². The zero-order chi connectivity index (χ0) is 23.3. The molecule has 0 bridgehead atoms. The highest BCUT2D eigenvalue weighted by atomic mass is 32.2. The number of benzene rings is 3. The van der Waals surface area contributed by atoms with Crippen LogP contribution in [0, 0.1) is 0 Å². The van der Waals surface area contributed by atoms with Crippen molar-refractivity contribution in [3.05, 3.63) is 87.8 Å². The molecule has 1 saturated heterocycles. The fourth-order valence-corrected chi connectivity index (χ4v) is 6.88. The molecule has 6 rings (SSSR count). The molecule has 1 aromatic heterocycles. The third kappa shape index (κ3) is 3.83. The molecule has 0 unspecified atom stereocenters. The van der Waals surface area contributed by atoms with E-state index in [9.17, 15) is 13.2 Å². The van der Waals surface area contributed by atoms with Crippen LogP contribution in [0.3, 0.4) is 0 Å². The third-order valence-corrected chi connectivity index (χ3v) is 9.17. The normalized spacial score (nSPS) is 17.4. The molecule has 0 amide bonds. The number of nitrogens with one attached hydrogen (secondary N) is 1. The Morgan fingerprint density at radius 3 is 2.41 bits per heavy atom. The van der Waals surface area contributed by atoms with Crippen molar-refractivity contribution in [3.8, 4) is 0 Å². The maximum atomic E-state index is 13.3. The lowest BCUT2D eigenvalue weighted by atomic mass is 10.0. The van der Waals surface area contributed by atoms with Gasteiger partial charge in [-0.15, -0.1) is 0 Å². The molecule has 1 aliphatic heterocycles. The summed E-state index contributed by atoms with van der Waals surface area (Å²) in [7, 11) is -3.54. The Balaban J connectivity index is 1.21. The molecule has 0 radical (unpaired) electrons. The average Bonchev–Trinajstić information content (AvgIpc) is 3.30. The Labute approximate surface area is 198 Å². The summed E-state index contributed by atoms with van der Waals surface area (Å²) in [4.78, 5) is 13.8. The zero-order valence-corrected chi connectivity index (χ0v) is 19.7. The van der Waals surface area contributed by atoms with E-state index in [-0.39, 0.29) is 5.63 Å². The molecule has 0 saturated carbocycles. The molecule has 2 heterocycles. The van der Waals surface area contributed by atoms with Crippen LogP contribution in [-0.2, 0) is 29.4 Å². The molecule has 0 spiro atoms. The predicted molar refractivity (Wildman–Crippen MR) is 132 cm³/mol. The van der Waals surface area contributed by atoms with E-state index < -0.39 is 10.0 Å². The summed E-state index contributed by atoms with van der Waals surface area (Å²) in [6.07, 6.45) is 3.25. The van der Waals surface area contributed by atoms with Gasteiger partial charge < -0.3 is 9.32 Å². The monoisotopic (exact) mass is 475 g/mol. The molecule has 3 aromatic carbocycles. The van der Waals surface area contributed by atoms with Gasteiger partial charge in [-0.1, -0.05) is 30.3 Å². The third-order valence-electron chi connectivity index (χ3n) is 7.27. The van der Waals surface area contributed by atoms with Crippen molar-refractivity contribution in [1.82, 2.24) is 4.31 Å². The summed E-state index contributed by atoms with van der Waals surface area (Å²) >= 11 is 0. The van der Waals surface area contributed by atoms with Gasteiger partial charge in [-0.05, 0) is 65.4 Å². The number of nitrogens with zero attached hydrogens (tertiary/aromatic N) is 1. The summed E-state index contributed by atoms with van der Waals surface area (Å²) < 4.78 is 33.7. The highest BCUT2D eigenvalue weighted by Gasteiger charge is 2.31. The minimum Gasteiger partial charge on any atom is -0.423 e. The van der Waals surface area contributed by atoms with Crippen LogP contribution in [0.2, 0.25) is 0 Å². The van der Waals surface area contributed by atoms with Crippen molar-refractivity contribution >= 4 is 31.8 Å². The van der Waals surface area contributed by atoms with Gasteiger partial charge in [0.15, 0.2) is 0 Å². The second-order valence-corrected chi connectivity index (χ2v) is 11.3. The summed E-state index contributed by atoms with van der Waals surface area (Å²) in [6, 6.07) is 18.9. The second kappa shape index (κ2) is 8.34. The number of piperazine rings is 1. The van der Waals surface area contributed by atoms with Crippen molar-refractivity contribution in [2.24, 2.45) is 0 Å². The average molecular weight is 476 g/mol. The van der Waals surface area contributed by atoms with E-state index >= 15 is 0 Å². The molecule has 1 N–H and O–H groups in total. The Bertz CT molecular complexity index is 1570. The molecular formula is C27H27N2O4S+. The SMILES string of the molecule is O=c1cc(C[NH+]2CCN(S(=O)(=O)c3ccc4ccccc4c3)CC2)c2cc3c(cc2o1)CCC3. The van der Waals surface area contributed by atoms with Crippen LogP contribution in [0.25, 0.3) is 21.7 Å². The lowest BCUT2D eigenvalue weighted by Crippen LogP contribution is -3.13. The number of aryl methyl sites for hydroxylation is 2. The Hall–Kier alpha value is -3.00. The Morgan fingerprint density at radius 1 is 0.882 bits per heavy atom. The minimum absolute atomic E-state index is 0.322. The maximum Gasteiger partial charge on any atom is 0.336 e. The van der Waals surface area contributed by atoms with Gasteiger partial charge in [0, 0.05) is 17.0 Å². The molecule has 174 valence electrons. The fraction of sp³-hybridized carbons (Fsp3) is 0.296. The highest BCUT2D eigenvalue weighted by molar-refractivity contribution is 7.89. The van der Waals surface area contributed by atoms with Gasteiger partial charge in [0.2, 0.25) is 10.0 Å². The largest absolute Gasteiger partial charge is 0.423 e. The lowest BCUT2D eigenvalue weighted by Gasteiger charge is -2.31. The van der Waals surface area contributed by atoms with Crippen LogP contribution in [0.4, 0.5) is 0 Å². The second-order valence-electron chi connectivity index (χ2n) is 9.40. The molecule has 1 fully saturated rings. The van der Waals surface area contributed by atoms with Crippen molar-refractivity contribution in [3.63, 3.8) is 0 Å². The number of hydrogen-bond acceptors (Lipinski definition) is 4. The van der Waals surface area contributed by atoms with Crippen molar-refractivity contribution in [2.75, 3.05) is 26.2 Å². The molecule has 4 aromatic rings. The van der Waals surface area contributed by atoms with Crippen LogP contribution in [0.5, 0.6) is 0 Å². The topological polar surface area (TPSA) is 72.0 Å². The van der Waals surface area contributed by atoms with Gasteiger partial charge in [-0.2, -0.15) is 4.31 Å². The smallest absolute Gasteiger partial charge is 0.336 e. The summed E-state index contributed by atoms with van der Waals surface area (Å²) in [5.41, 5.74) is 3.97. The summed E-state index contributed by atoms with van der Waals surface area (Å²) in [6.45, 7) is 2.99. The van der Waals surface area contributed by atoms with E-state index in [4.69, 9.17) is 4.42 Å². The molecule has 6 nitrogen and oxygen atoms in total. The first kappa shape index (κ1) is 21.5. The molecular weight excluding hydrogens is 448 g/mol. The van der Waals surface area contributed by atoms with Crippen LogP contribution in [0.15, 0.2) is 74.8 Å². The van der Waals surface area contributed by atoms with Gasteiger partial charge in [0.1, 0.15) is 12.1 Å². The van der Waals surface area contributed by atoms with Crippen molar-refractivity contribution < 1.29 is 17.7 Å². The zero-order valence-electron chi connectivity index (χ0n) is 18.9. The van der Waals surface area contributed by atoms with Crippen LogP contribution in [-0.4, -0.2) is 38.9 Å². The van der Waals surface area contributed by atoms with Gasteiger partial charge in [-0.25, -0.2) is 13.2 Å². The molecule has 2 aliphatic rings. The van der Waals surface area contributed by atoms with Gasteiger partial charge in [0.05, 0.1) is 31.1 Å². The lowest BCUT2D eigenvalue weighted by molar-refractivity contribution is -0.917. The number of rotatable bonds is 4. The predicted octanol–water partition coefficient (Wildman–Crippen LogP) is 2.52. The number of fused-ring (bicyclic) bond motifs is 3. The number of quaternary nitrogens is 1. The number of hydrogen-bond donors (Lipinski definition) is 1. The summed E-state index contributed by atoms with van der Waals surface area (Å²) in [5, 5.41) is 2.97. The maximum absolute atomic E-state index is 13.3. The van der Waals surface area contributed by atoms with Gasteiger partial charge in [-0.3, -0.25) is 0 Å². The number of sulfonamides is 1. The first-order valence-corrected chi connectivity index (χ1v) is 13.3. The van der Waals surface area contributed by atoms with Crippen LogP contribution >= 0.6 is 0 Å². The van der Waals surface area contributed by atoms with Gasteiger partial charge in [0.25, 0.3) is 0 Å². The van der Waals surface area contributed by atoms with E-state index in [2.05, 4.69) is 6.07 Å². The summed E-state index contributed by atoms with van der Waals surface area (Å²) in [5.74, 6) is 0. The van der Waals surface area contributed by atoms with Crippen LogP contribution in [0.1, 0.15) is 23.1 Å². The van der Waals surface area contributed by atoms with Gasteiger partial charge >= 0.3 is 5.63 Å².